The number of fused-ring (bicyclic) bond motifs is 1. The number of hydrogen-bond donors (Lipinski definition) is 1. The molecule has 1 unspecified atom stereocenters. The highest BCUT2D eigenvalue weighted by Crippen LogP contribution is 2.19. The molecule has 1 atom stereocenters. The lowest BCUT2D eigenvalue weighted by Crippen LogP contribution is -2.66. The molecule has 2 fully saturated rings. The molecular formula is C17H18N6O3. The molecule has 2 aliphatic rings. The van der Waals surface area contributed by atoms with Gasteiger partial charge < -0.3 is 15.1 Å². The van der Waals surface area contributed by atoms with E-state index in [0.717, 1.165) is 0 Å². The van der Waals surface area contributed by atoms with E-state index in [9.17, 15) is 14.4 Å². The molecule has 2 aromatic rings. The molecule has 134 valence electrons. The second-order valence-corrected chi connectivity index (χ2v) is 6.32. The predicted octanol–water partition coefficient (Wildman–Crippen LogP) is -0.641. The smallest absolute Gasteiger partial charge is 0.257 e. The van der Waals surface area contributed by atoms with Crippen molar-refractivity contribution in [1.82, 2.24) is 29.9 Å². The number of carbonyl (C=O) groups is 3. The average molecular weight is 354 g/mol. The maximum Gasteiger partial charge on any atom is 0.257 e. The van der Waals surface area contributed by atoms with E-state index in [1.165, 1.54) is 6.20 Å². The Labute approximate surface area is 149 Å². The fraction of sp³-hybridized carbons (Fsp3) is 0.353. The Balaban J connectivity index is 1.56. The van der Waals surface area contributed by atoms with Gasteiger partial charge in [-0.3, -0.25) is 14.4 Å². The maximum absolute atomic E-state index is 12.9. The van der Waals surface area contributed by atoms with E-state index < -0.39 is 6.04 Å². The summed E-state index contributed by atoms with van der Waals surface area (Å²) in [5.74, 6) is 0.102. The van der Waals surface area contributed by atoms with Crippen LogP contribution in [0.1, 0.15) is 16.1 Å². The fourth-order valence-corrected chi connectivity index (χ4v) is 3.37. The average Bonchev–Trinajstić information content (AvgIpc) is 3.06. The van der Waals surface area contributed by atoms with Crippen LogP contribution in [0.2, 0.25) is 0 Å². The van der Waals surface area contributed by atoms with E-state index in [-0.39, 0.29) is 30.8 Å². The zero-order chi connectivity index (χ0) is 18.3. The molecule has 0 aliphatic carbocycles. The number of nitrogens with one attached hydrogen (secondary N) is 1. The van der Waals surface area contributed by atoms with E-state index in [1.54, 1.807) is 20.7 Å². The van der Waals surface area contributed by atoms with Crippen LogP contribution in [0.5, 0.6) is 0 Å². The lowest BCUT2D eigenvalue weighted by Gasteiger charge is -2.42. The highest BCUT2D eigenvalue weighted by atomic mass is 16.2. The lowest BCUT2D eigenvalue weighted by atomic mass is 10.1. The molecule has 1 N–H and O–H groups in total. The number of rotatable bonds is 2. The van der Waals surface area contributed by atoms with Gasteiger partial charge in [0.15, 0.2) is 5.82 Å². The highest BCUT2D eigenvalue weighted by molar-refractivity contribution is 5.98. The molecule has 2 saturated heterocycles. The topological polar surface area (TPSA) is 100 Å². The summed E-state index contributed by atoms with van der Waals surface area (Å²) in [4.78, 5) is 44.3. The molecule has 2 aliphatic heterocycles. The molecule has 4 heterocycles. The molecule has 9 heteroatoms. The molecule has 0 saturated carbocycles. The van der Waals surface area contributed by atoms with Crippen molar-refractivity contribution in [2.24, 2.45) is 0 Å². The first-order valence-corrected chi connectivity index (χ1v) is 8.39. The standard InChI is InChI=1S/C17H18N6O3/c1-11-12(8-20-23(11)14-4-2-3-5-18-14)17(26)21-6-7-22-13(10-21)16(25)19-9-15(22)24/h2-5,8,13H,6-7,9-10H2,1H3,(H,19,25). The minimum atomic E-state index is -0.625. The number of pyridine rings is 1. The predicted molar refractivity (Wildman–Crippen MR) is 90.5 cm³/mol. The van der Waals surface area contributed by atoms with Gasteiger partial charge in [0, 0.05) is 19.3 Å². The van der Waals surface area contributed by atoms with Crippen LogP contribution < -0.4 is 5.32 Å². The monoisotopic (exact) mass is 354 g/mol. The summed E-state index contributed by atoms with van der Waals surface area (Å²) in [5.41, 5.74) is 1.15. The van der Waals surface area contributed by atoms with Gasteiger partial charge >= 0.3 is 0 Å². The van der Waals surface area contributed by atoms with Crippen molar-refractivity contribution >= 4 is 17.7 Å². The van der Waals surface area contributed by atoms with E-state index in [4.69, 9.17) is 0 Å². The molecule has 0 spiro atoms. The van der Waals surface area contributed by atoms with Crippen molar-refractivity contribution < 1.29 is 14.4 Å². The van der Waals surface area contributed by atoms with E-state index >= 15 is 0 Å². The third-order valence-corrected chi connectivity index (χ3v) is 4.81. The number of piperazine rings is 2. The van der Waals surface area contributed by atoms with Crippen molar-refractivity contribution in [3.8, 4) is 5.82 Å². The highest BCUT2D eigenvalue weighted by Gasteiger charge is 2.40. The van der Waals surface area contributed by atoms with Gasteiger partial charge in [-0.05, 0) is 19.1 Å². The molecule has 0 aromatic carbocycles. The summed E-state index contributed by atoms with van der Waals surface area (Å²) in [6, 6.07) is 4.85. The molecule has 26 heavy (non-hydrogen) atoms. The van der Waals surface area contributed by atoms with E-state index in [2.05, 4.69) is 15.4 Å². The minimum Gasteiger partial charge on any atom is -0.345 e. The Bertz CT molecular complexity index is 878. The molecular weight excluding hydrogens is 336 g/mol. The van der Waals surface area contributed by atoms with Gasteiger partial charge in [-0.15, -0.1) is 0 Å². The van der Waals surface area contributed by atoms with Crippen LogP contribution in [0.4, 0.5) is 0 Å². The zero-order valence-electron chi connectivity index (χ0n) is 14.3. The summed E-state index contributed by atoms with van der Waals surface area (Å²) in [5, 5.41) is 6.85. The van der Waals surface area contributed by atoms with Gasteiger partial charge in [0.25, 0.3) is 5.91 Å². The Morgan fingerprint density at radius 1 is 1.27 bits per heavy atom. The number of aromatic nitrogens is 3. The summed E-state index contributed by atoms with van der Waals surface area (Å²) in [6.07, 6.45) is 3.18. The minimum absolute atomic E-state index is 0.0270. The molecule has 0 bridgehead atoms. The summed E-state index contributed by atoms with van der Waals surface area (Å²) < 4.78 is 1.61. The number of carbonyl (C=O) groups excluding carboxylic acids is 3. The van der Waals surface area contributed by atoms with Crippen molar-refractivity contribution in [1.29, 1.82) is 0 Å². The van der Waals surface area contributed by atoms with Crippen LogP contribution in [0.15, 0.2) is 30.6 Å². The Kier molecular flexibility index (Phi) is 3.90. The first-order valence-electron chi connectivity index (χ1n) is 8.39. The molecule has 2 aromatic heterocycles. The largest absolute Gasteiger partial charge is 0.345 e. The van der Waals surface area contributed by atoms with Crippen LogP contribution in [0.25, 0.3) is 5.82 Å². The van der Waals surface area contributed by atoms with Crippen LogP contribution >= 0.6 is 0 Å². The number of nitrogens with zero attached hydrogens (tertiary/aromatic N) is 5. The number of amides is 3. The van der Waals surface area contributed by atoms with Crippen LogP contribution in [0, 0.1) is 6.92 Å². The maximum atomic E-state index is 12.9. The van der Waals surface area contributed by atoms with Crippen molar-refractivity contribution in [2.75, 3.05) is 26.2 Å². The number of hydrogen-bond acceptors (Lipinski definition) is 5. The van der Waals surface area contributed by atoms with E-state index in [1.807, 2.05) is 25.1 Å². The van der Waals surface area contributed by atoms with Crippen molar-refractivity contribution in [2.45, 2.75) is 13.0 Å². The summed E-state index contributed by atoms with van der Waals surface area (Å²) in [6.45, 7) is 2.77. The normalized spacial score (nSPS) is 20.0. The van der Waals surface area contributed by atoms with Crippen molar-refractivity contribution in [3.63, 3.8) is 0 Å². The van der Waals surface area contributed by atoms with Crippen LogP contribution in [0.3, 0.4) is 0 Å². The second-order valence-electron chi connectivity index (χ2n) is 6.32. The van der Waals surface area contributed by atoms with Crippen LogP contribution in [-0.4, -0.2) is 74.5 Å². The SMILES string of the molecule is Cc1c(C(=O)N2CCN3C(=O)CNC(=O)C3C2)cnn1-c1ccccn1. The third kappa shape index (κ3) is 2.61. The summed E-state index contributed by atoms with van der Waals surface area (Å²) >= 11 is 0. The third-order valence-electron chi connectivity index (χ3n) is 4.81. The second kappa shape index (κ2) is 6.25. The first-order chi connectivity index (χ1) is 12.6. The van der Waals surface area contributed by atoms with Gasteiger partial charge in [0.05, 0.1) is 30.5 Å². The Morgan fingerprint density at radius 2 is 2.12 bits per heavy atom. The lowest BCUT2D eigenvalue weighted by molar-refractivity contribution is -0.148. The van der Waals surface area contributed by atoms with Gasteiger partial charge in [-0.2, -0.15) is 5.10 Å². The van der Waals surface area contributed by atoms with Gasteiger partial charge in [-0.25, -0.2) is 9.67 Å². The first kappa shape index (κ1) is 16.2. The van der Waals surface area contributed by atoms with Crippen LogP contribution in [-0.2, 0) is 9.59 Å². The van der Waals surface area contributed by atoms with Gasteiger partial charge in [0.2, 0.25) is 11.8 Å². The van der Waals surface area contributed by atoms with Gasteiger partial charge in [0.1, 0.15) is 6.04 Å². The summed E-state index contributed by atoms with van der Waals surface area (Å²) in [7, 11) is 0. The Morgan fingerprint density at radius 3 is 2.88 bits per heavy atom. The fourth-order valence-electron chi connectivity index (χ4n) is 3.37. The molecule has 9 nitrogen and oxygen atoms in total. The zero-order valence-corrected chi connectivity index (χ0v) is 14.3. The Hall–Kier alpha value is -3.23. The van der Waals surface area contributed by atoms with E-state index in [0.29, 0.717) is 30.2 Å². The van der Waals surface area contributed by atoms with Crippen molar-refractivity contribution in [3.05, 3.63) is 41.9 Å². The quantitative estimate of drug-likeness (QED) is 0.773. The molecule has 4 rings (SSSR count). The molecule has 0 radical (unpaired) electrons. The molecule has 3 amide bonds. The van der Waals surface area contributed by atoms with Gasteiger partial charge in [-0.1, -0.05) is 6.07 Å².